The Hall–Kier alpha value is -2.48. The fraction of sp³-hybridized carbons (Fsp3) is 0.261. The number of benzene rings is 2. The third-order valence-corrected chi connectivity index (χ3v) is 6.37. The second-order valence-corrected chi connectivity index (χ2v) is 8.49. The summed E-state index contributed by atoms with van der Waals surface area (Å²) < 4.78 is 5.96. The Morgan fingerprint density at radius 2 is 1.81 bits per heavy atom. The van der Waals surface area contributed by atoms with Gasteiger partial charge in [-0.25, -0.2) is 0 Å². The summed E-state index contributed by atoms with van der Waals surface area (Å²) in [6.07, 6.45) is 7.44. The van der Waals surface area contributed by atoms with Crippen molar-refractivity contribution in [1.82, 2.24) is 5.32 Å². The Kier molecular flexibility index (Phi) is 3.40. The third-order valence-electron chi connectivity index (χ3n) is 5.50. The predicted octanol–water partition coefficient (Wildman–Crippen LogP) is 3.99. The van der Waals surface area contributed by atoms with Crippen molar-refractivity contribution < 1.29 is 9.53 Å². The Morgan fingerprint density at radius 3 is 2.44 bits per heavy atom. The molecule has 1 saturated heterocycles. The lowest BCUT2D eigenvalue weighted by Crippen LogP contribution is -2.44. The summed E-state index contributed by atoms with van der Waals surface area (Å²) in [5.74, 6) is 2.51. The van der Waals surface area contributed by atoms with Crippen LogP contribution in [-0.4, -0.2) is 29.9 Å². The first kappa shape index (κ1) is 16.7. The van der Waals surface area contributed by atoms with Gasteiger partial charge in [-0.1, -0.05) is 42.3 Å². The smallest absolute Gasteiger partial charge is 0.251 e. The molecule has 3 nitrogen and oxygen atoms in total. The number of amides is 1. The highest BCUT2D eigenvalue weighted by Gasteiger charge is 2.54. The van der Waals surface area contributed by atoms with Crippen LogP contribution < -0.4 is 5.32 Å². The number of terminal acetylenes is 1. The van der Waals surface area contributed by atoms with Gasteiger partial charge in [-0.15, -0.1) is 18.2 Å². The molecule has 4 heteroatoms. The summed E-state index contributed by atoms with van der Waals surface area (Å²) in [4.78, 5) is 14.5. The first-order valence-corrected chi connectivity index (χ1v) is 10.2. The number of thioether (sulfide) groups is 1. The van der Waals surface area contributed by atoms with Crippen molar-refractivity contribution >= 4 is 39.6 Å². The molecule has 2 aromatic rings. The minimum atomic E-state index is -0.712. The summed E-state index contributed by atoms with van der Waals surface area (Å²) >= 11 is 1.71. The third kappa shape index (κ3) is 2.25. The van der Waals surface area contributed by atoms with E-state index >= 15 is 0 Å². The highest BCUT2D eigenvalue weighted by Crippen LogP contribution is 2.58. The first-order chi connectivity index (χ1) is 13.0. The number of hydrogen-bond donors (Lipinski definition) is 1. The molecule has 27 heavy (non-hydrogen) atoms. The first-order valence-electron chi connectivity index (χ1n) is 8.98. The molecule has 1 heterocycles. The van der Waals surface area contributed by atoms with E-state index in [1.807, 2.05) is 13.8 Å². The van der Waals surface area contributed by atoms with Gasteiger partial charge >= 0.3 is 0 Å². The summed E-state index contributed by atoms with van der Waals surface area (Å²) in [5.41, 5.74) is 4.46. The van der Waals surface area contributed by atoms with Gasteiger partial charge in [0.15, 0.2) is 0 Å². The summed E-state index contributed by atoms with van der Waals surface area (Å²) in [6, 6.07) is 12.6. The number of fused-ring (bicyclic) bond motifs is 4. The summed E-state index contributed by atoms with van der Waals surface area (Å²) in [6.45, 7) is 3.66. The van der Waals surface area contributed by atoms with Gasteiger partial charge in [-0.2, -0.15) is 0 Å². The number of rotatable bonds is 3. The molecule has 2 aromatic carbocycles. The number of ether oxygens (including phenoxy) is 1. The van der Waals surface area contributed by atoms with E-state index < -0.39 is 5.54 Å². The standard InChI is InChI=1S/C23H19NO2S/c1-5-23(2,3)24-22(25)18-16-13-10-6-8-12-9-7-11-14(15(12)13)17(16)21(27-4)20-19(18)26-20/h1,6-11,19-20H,2-4H3,(H,24,25). The van der Waals surface area contributed by atoms with E-state index in [0.717, 1.165) is 16.7 Å². The topological polar surface area (TPSA) is 41.6 Å². The molecule has 134 valence electrons. The number of nitrogens with one attached hydrogen (secondary N) is 1. The number of hydrogen-bond acceptors (Lipinski definition) is 3. The lowest BCUT2D eigenvalue weighted by Gasteiger charge is -2.24. The van der Waals surface area contributed by atoms with Crippen LogP contribution in [0, 0.1) is 12.3 Å². The Morgan fingerprint density at radius 1 is 1.15 bits per heavy atom. The van der Waals surface area contributed by atoms with Gasteiger partial charge < -0.3 is 10.1 Å². The highest BCUT2D eigenvalue weighted by molar-refractivity contribution is 8.02. The van der Waals surface area contributed by atoms with Gasteiger partial charge in [0.1, 0.15) is 12.2 Å². The van der Waals surface area contributed by atoms with E-state index in [2.05, 4.69) is 53.9 Å². The van der Waals surface area contributed by atoms with Crippen LogP contribution >= 0.6 is 11.8 Å². The second kappa shape index (κ2) is 5.51. The van der Waals surface area contributed by atoms with Gasteiger partial charge in [-0.3, -0.25) is 4.79 Å². The lowest BCUT2D eigenvalue weighted by molar-refractivity contribution is -0.118. The van der Waals surface area contributed by atoms with Crippen LogP contribution in [-0.2, 0) is 9.53 Å². The van der Waals surface area contributed by atoms with Crippen molar-refractivity contribution in [1.29, 1.82) is 0 Å². The van der Waals surface area contributed by atoms with Crippen LogP contribution in [0.4, 0.5) is 0 Å². The maximum absolute atomic E-state index is 13.2. The van der Waals surface area contributed by atoms with E-state index in [4.69, 9.17) is 11.2 Å². The average molecular weight is 373 g/mol. The number of carbonyl (C=O) groups is 1. The molecular formula is C23H19NO2S. The van der Waals surface area contributed by atoms with E-state index in [-0.39, 0.29) is 18.1 Å². The van der Waals surface area contributed by atoms with Crippen LogP contribution in [0.1, 0.15) is 25.0 Å². The van der Waals surface area contributed by atoms with Gasteiger partial charge in [0.05, 0.1) is 11.1 Å². The fourth-order valence-corrected chi connectivity index (χ4v) is 5.05. The SMILES string of the molecule is C#CC(C)(C)NC(=O)C1=C2C(=C(SC)C3OC13)c1cccc3cccc2c13. The zero-order valence-electron chi connectivity index (χ0n) is 15.4. The number of allylic oxidation sites excluding steroid dienone is 2. The monoisotopic (exact) mass is 373 g/mol. The Balaban J connectivity index is 1.80. The van der Waals surface area contributed by atoms with Crippen molar-refractivity contribution in [3.8, 4) is 12.3 Å². The molecule has 0 aromatic heterocycles. The largest absolute Gasteiger partial charge is 0.359 e. The van der Waals surface area contributed by atoms with Crippen LogP contribution in [0.5, 0.6) is 0 Å². The van der Waals surface area contributed by atoms with E-state index in [1.165, 1.54) is 21.2 Å². The zero-order chi connectivity index (χ0) is 18.9. The molecule has 2 atom stereocenters. The van der Waals surface area contributed by atoms with Crippen molar-refractivity contribution in [2.45, 2.75) is 31.6 Å². The van der Waals surface area contributed by atoms with Gasteiger partial charge in [-0.05, 0) is 42.0 Å². The molecule has 0 radical (unpaired) electrons. The van der Waals surface area contributed by atoms with E-state index in [0.29, 0.717) is 5.57 Å². The molecule has 2 unspecified atom stereocenters. The normalized spacial score (nSPS) is 22.4. The maximum atomic E-state index is 13.2. The molecule has 1 aliphatic heterocycles. The predicted molar refractivity (Wildman–Crippen MR) is 111 cm³/mol. The number of epoxide rings is 1. The van der Waals surface area contributed by atoms with E-state index in [9.17, 15) is 4.79 Å². The molecule has 0 saturated carbocycles. The minimum Gasteiger partial charge on any atom is -0.359 e. The maximum Gasteiger partial charge on any atom is 0.251 e. The molecule has 1 N–H and O–H groups in total. The molecule has 1 amide bonds. The average Bonchev–Trinajstić information content (AvgIpc) is 3.38. The van der Waals surface area contributed by atoms with E-state index in [1.54, 1.807) is 11.8 Å². The quantitative estimate of drug-likeness (QED) is 0.653. The fourth-order valence-electron chi connectivity index (χ4n) is 4.23. The van der Waals surface area contributed by atoms with Crippen LogP contribution in [0.2, 0.25) is 0 Å². The molecule has 3 aliphatic rings. The van der Waals surface area contributed by atoms with Crippen LogP contribution in [0.25, 0.3) is 21.9 Å². The van der Waals surface area contributed by atoms with Crippen LogP contribution in [0.3, 0.4) is 0 Å². The van der Waals surface area contributed by atoms with Crippen molar-refractivity contribution in [2.24, 2.45) is 0 Å². The summed E-state index contributed by atoms with van der Waals surface area (Å²) in [7, 11) is 0. The molecular weight excluding hydrogens is 354 g/mol. The van der Waals surface area contributed by atoms with Crippen LogP contribution in [0.15, 0.2) is 46.9 Å². The van der Waals surface area contributed by atoms with Crippen molar-refractivity contribution in [3.05, 3.63) is 58.0 Å². The van der Waals surface area contributed by atoms with Crippen molar-refractivity contribution in [2.75, 3.05) is 6.26 Å². The zero-order valence-corrected chi connectivity index (χ0v) is 16.2. The molecule has 0 bridgehead atoms. The molecule has 2 aliphatic carbocycles. The molecule has 5 rings (SSSR count). The summed E-state index contributed by atoms with van der Waals surface area (Å²) in [5, 5.41) is 5.41. The van der Waals surface area contributed by atoms with Crippen molar-refractivity contribution in [3.63, 3.8) is 0 Å². The van der Waals surface area contributed by atoms with Gasteiger partial charge in [0, 0.05) is 16.1 Å². The highest BCUT2D eigenvalue weighted by atomic mass is 32.2. The molecule has 0 spiro atoms. The Bertz CT molecular complexity index is 1130. The van der Waals surface area contributed by atoms with Gasteiger partial charge in [0.25, 0.3) is 5.91 Å². The lowest BCUT2D eigenvalue weighted by atomic mass is 9.87. The Labute approximate surface area is 162 Å². The minimum absolute atomic E-state index is 0.0296. The second-order valence-electron chi connectivity index (χ2n) is 7.64. The van der Waals surface area contributed by atoms with Gasteiger partial charge in [0.2, 0.25) is 0 Å². The molecule has 1 fully saturated rings. The number of carbonyl (C=O) groups excluding carboxylic acids is 1.